The Morgan fingerprint density at radius 2 is 1.90 bits per heavy atom. The molecule has 1 saturated carbocycles. The highest BCUT2D eigenvalue weighted by Gasteiger charge is 2.39. The van der Waals surface area contributed by atoms with Crippen LogP contribution in [0.5, 0.6) is 5.75 Å². The van der Waals surface area contributed by atoms with Crippen LogP contribution in [-0.2, 0) is 16.1 Å². The van der Waals surface area contributed by atoms with E-state index in [4.69, 9.17) is 0 Å². The summed E-state index contributed by atoms with van der Waals surface area (Å²) in [6.07, 6.45) is 6.29. The summed E-state index contributed by atoms with van der Waals surface area (Å²) in [6.45, 7) is 3.61. The van der Waals surface area contributed by atoms with Gasteiger partial charge in [0.1, 0.15) is 11.8 Å². The van der Waals surface area contributed by atoms with E-state index in [0.717, 1.165) is 12.6 Å². The number of hydrogen-bond acceptors (Lipinski definition) is 6. The summed E-state index contributed by atoms with van der Waals surface area (Å²) in [7, 11) is 3.50. The number of amides is 3. The first-order valence-electron chi connectivity index (χ1n) is 9.86. The van der Waals surface area contributed by atoms with E-state index in [1.54, 1.807) is 6.07 Å². The van der Waals surface area contributed by atoms with E-state index in [1.807, 2.05) is 21.2 Å². The average Bonchev–Trinajstić information content (AvgIpc) is 3.32. The standard InChI is InChI=1S/C13H12N2O4.C7H15N.HIS/c16-8-1-2-9-7(5-8)6-15(13(9)19)10-3-4-11(17)14-12(10)18;1-2-8-7-5-3-4-6-7;1-2/h1-2,5,10,16H,3-4,6H2,(H,14,17,18);7-8H,2-6H2,1H3;2H. The lowest BCUT2D eigenvalue weighted by Crippen LogP contribution is -2.52. The second kappa shape index (κ2) is 11.8. The van der Waals surface area contributed by atoms with Crippen LogP contribution in [0.2, 0.25) is 0 Å². The third kappa shape index (κ3) is 6.32. The van der Waals surface area contributed by atoms with Crippen LogP contribution in [0.1, 0.15) is 61.4 Å². The number of aromatic hydroxyl groups is 1. The van der Waals surface area contributed by atoms with Gasteiger partial charge in [0.25, 0.3) is 5.91 Å². The minimum Gasteiger partial charge on any atom is -0.508 e. The maximum Gasteiger partial charge on any atom is 0.255 e. The summed E-state index contributed by atoms with van der Waals surface area (Å²) >= 11 is 1.84. The van der Waals surface area contributed by atoms with Crippen LogP contribution in [0.25, 0.3) is 0 Å². The molecule has 1 aliphatic carbocycles. The first-order chi connectivity index (χ1) is 14.0. The third-order valence-electron chi connectivity index (χ3n) is 5.36. The predicted molar refractivity (Wildman–Crippen MR) is 123 cm³/mol. The Balaban J connectivity index is 0.000000252. The molecule has 7 nitrogen and oxygen atoms in total. The van der Waals surface area contributed by atoms with Crippen molar-refractivity contribution in [1.82, 2.24) is 15.5 Å². The third-order valence-corrected chi connectivity index (χ3v) is 5.36. The van der Waals surface area contributed by atoms with Crippen molar-refractivity contribution in [2.45, 2.75) is 64.1 Å². The lowest BCUT2D eigenvalue weighted by atomic mass is 10.0. The van der Waals surface area contributed by atoms with E-state index in [-0.39, 0.29) is 30.5 Å². The van der Waals surface area contributed by atoms with E-state index < -0.39 is 11.9 Å². The number of fused-ring (bicyclic) bond motifs is 1. The Hall–Kier alpha value is -1.33. The zero-order valence-corrected chi connectivity index (χ0v) is 19.5. The molecule has 29 heavy (non-hydrogen) atoms. The Kier molecular flexibility index (Phi) is 9.70. The van der Waals surface area contributed by atoms with Crippen molar-refractivity contribution in [1.29, 1.82) is 0 Å². The largest absolute Gasteiger partial charge is 0.508 e. The molecule has 1 atom stereocenters. The van der Waals surface area contributed by atoms with Gasteiger partial charge in [-0.2, -0.15) is 0 Å². The van der Waals surface area contributed by atoms with Gasteiger partial charge in [-0.05, 0) is 70.8 Å². The topological polar surface area (TPSA) is 98.7 Å². The number of halogens is 1. The highest BCUT2D eigenvalue weighted by Crippen LogP contribution is 2.29. The van der Waals surface area contributed by atoms with Crippen LogP contribution in [-0.4, -0.2) is 46.4 Å². The second-order valence-electron chi connectivity index (χ2n) is 7.28. The number of piperidine rings is 1. The Bertz CT molecular complexity index is 740. The molecule has 2 aliphatic heterocycles. The van der Waals surface area contributed by atoms with E-state index in [1.165, 1.54) is 42.7 Å². The molecule has 1 aromatic rings. The van der Waals surface area contributed by atoms with Crippen molar-refractivity contribution < 1.29 is 19.5 Å². The van der Waals surface area contributed by atoms with Crippen LogP contribution in [0.15, 0.2) is 18.2 Å². The van der Waals surface area contributed by atoms with Crippen molar-refractivity contribution in [2.24, 2.45) is 0 Å². The molecule has 0 aromatic heterocycles. The number of carbonyl (C=O) groups excluding carboxylic acids is 3. The maximum absolute atomic E-state index is 12.2. The lowest BCUT2D eigenvalue weighted by Gasteiger charge is -2.29. The minimum absolute atomic E-state index is 0.0941. The van der Waals surface area contributed by atoms with Gasteiger partial charge in [-0.15, -0.1) is 9.80 Å². The highest BCUT2D eigenvalue weighted by atomic mass is 127. The highest BCUT2D eigenvalue weighted by molar-refractivity contribution is 14.2. The van der Waals surface area contributed by atoms with E-state index >= 15 is 0 Å². The quantitative estimate of drug-likeness (QED) is 0.272. The first-order valence-corrected chi connectivity index (χ1v) is 13.1. The molecule has 160 valence electrons. The van der Waals surface area contributed by atoms with E-state index in [0.29, 0.717) is 17.5 Å². The van der Waals surface area contributed by atoms with Crippen molar-refractivity contribution in [2.75, 3.05) is 6.54 Å². The molecule has 1 saturated heterocycles. The molecule has 3 amide bonds. The van der Waals surface area contributed by atoms with Gasteiger partial charge in [-0.3, -0.25) is 19.7 Å². The van der Waals surface area contributed by atoms with Gasteiger partial charge in [0, 0.05) is 24.6 Å². The van der Waals surface area contributed by atoms with Gasteiger partial charge in [0.2, 0.25) is 11.8 Å². The van der Waals surface area contributed by atoms with Crippen molar-refractivity contribution in [3.8, 4) is 5.75 Å². The summed E-state index contributed by atoms with van der Waals surface area (Å²) in [5, 5.41) is 15.1. The number of imide groups is 1. The Labute approximate surface area is 189 Å². The van der Waals surface area contributed by atoms with Gasteiger partial charge < -0.3 is 15.3 Å². The molecule has 0 radical (unpaired) electrons. The molecule has 2 heterocycles. The second-order valence-corrected chi connectivity index (χ2v) is 7.28. The van der Waals surface area contributed by atoms with Crippen LogP contribution in [0.3, 0.4) is 0 Å². The Morgan fingerprint density at radius 1 is 1.21 bits per heavy atom. The van der Waals surface area contributed by atoms with Crippen LogP contribution in [0, 0.1) is 0 Å². The number of carbonyl (C=O) groups is 3. The molecule has 1 unspecified atom stereocenters. The van der Waals surface area contributed by atoms with Crippen molar-refractivity contribution >= 4 is 48.7 Å². The summed E-state index contributed by atoms with van der Waals surface area (Å²) in [5.74, 6) is -0.870. The summed E-state index contributed by atoms with van der Waals surface area (Å²) in [4.78, 5) is 36.6. The molecule has 1 aromatic carbocycles. The number of phenolic OH excluding ortho intramolecular Hbond substituents is 1. The number of hydrogen-bond donors (Lipinski definition) is 4. The number of phenols is 1. The molecule has 0 spiro atoms. The van der Waals surface area contributed by atoms with Crippen molar-refractivity contribution in [3.63, 3.8) is 0 Å². The molecule has 2 fully saturated rings. The Morgan fingerprint density at radius 3 is 2.52 bits per heavy atom. The molecule has 3 aliphatic rings. The summed E-state index contributed by atoms with van der Waals surface area (Å²) in [6, 6.07) is 4.78. The van der Waals surface area contributed by atoms with Gasteiger partial charge >= 0.3 is 0 Å². The number of benzene rings is 1. The van der Waals surface area contributed by atoms with E-state index in [2.05, 4.69) is 27.4 Å². The SMILES string of the molecule is CCNC1CCCC1.O=C1CCC(N2Cc3cc(O)ccc3C2=O)C(=O)N1.SI. The smallest absolute Gasteiger partial charge is 0.255 e. The zero-order chi connectivity index (χ0) is 21.4. The zero-order valence-electron chi connectivity index (χ0n) is 16.5. The lowest BCUT2D eigenvalue weighted by molar-refractivity contribution is -0.136. The van der Waals surface area contributed by atoms with Gasteiger partial charge in [0.05, 0.1) is 0 Å². The predicted octanol–water partition coefficient (Wildman–Crippen LogP) is 2.96. The van der Waals surface area contributed by atoms with Gasteiger partial charge in [0.15, 0.2) is 0 Å². The van der Waals surface area contributed by atoms with Crippen LogP contribution in [0.4, 0.5) is 0 Å². The van der Waals surface area contributed by atoms with Crippen LogP contribution < -0.4 is 10.6 Å². The fraction of sp³-hybridized carbons (Fsp3) is 0.550. The normalized spacial score (nSPS) is 21.0. The fourth-order valence-electron chi connectivity index (χ4n) is 3.98. The molecule has 0 bridgehead atoms. The number of thiol groups is 1. The van der Waals surface area contributed by atoms with Gasteiger partial charge in [-0.1, -0.05) is 19.8 Å². The van der Waals surface area contributed by atoms with E-state index in [9.17, 15) is 19.5 Å². The summed E-state index contributed by atoms with van der Waals surface area (Å²) < 4.78 is 0. The molecule has 4 rings (SSSR count). The number of rotatable bonds is 3. The maximum atomic E-state index is 12.2. The molecular weight excluding hydrogens is 505 g/mol. The molecule has 9 heteroatoms. The number of nitrogens with zero attached hydrogens (tertiary/aromatic N) is 1. The van der Waals surface area contributed by atoms with Crippen LogP contribution >= 0.6 is 31.0 Å². The molecule has 3 N–H and O–H groups in total. The van der Waals surface area contributed by atoms with Crippen molar-refractivity contribution in [3.05, 3.63) is 29.3 Å². The average molecular weight is 533 g/mol. The number of nitrogens with one attached hydrogen (secondary N) is 2. The first kappa shape index (κ1) is 23.9. The minimum atomic E-state index is -0.611. The monoisotopic (exact) mass is 533 g/mol. The summed E-state index contributed by atoms with van der Waals surface area (Å²) in [5.41, 5.74) is 1.21. The fourth-order valence-corrected chi connectivity index (χ4v) is 3.98. The molecular formula is C20H28IN3O4S. The van der Waals surface area contributed by atoms with Gasteiger partial charge in [-0.25, -0.2) is 0 Å².